The number of carbonyl (C=O) groups is 1. The van der Waals surface area contributed by atoms with Crippen molar-refractivity contribution in [1.82, 2.24) is 25.2 Å². The van der Waals surface area contributed by atoms with E-state index in [1.54, 1.807) is 24.5 Å². The van der Waals surface area contributed by atoms with Crippen LogP contribution in [0.5, 0.6) is 0 Å². The number of hydrogen-bond acceptors (Lipinski definition) is 5. The zero-order chi connectivity index (χ0) is 24.1. The smallest absolute Gasteiger partial charge is 0.253 e. The van der Waals surface area contributed by atoms with Gasteiger partial charge in [-0.2, -0.15) is 0 Å². The number of carbonyl (C=O) groups excluding carboxylic acids is 1. The first-order valence-electron chi connectivity index (χ1n) is 11.5. The van der Waals surface area contributed by atoms with Crippen LogP contribution in [0.25, 0.3) is 22.3 Å². The highest BCUT2D eigenvalue weighted by atomic mass is 35.5. The molecule has 1 aromatic carbocycles. The van der Waals surface area contributed by atoms with Gasteiger partial charge in [-0.3, -0.25) is 14.7 Å². The Morgan fingerprint density at radius 1 is 1.17 bits per heavy atom. The highest BCUT2D eigenvalue weighted by molar-refractivity contribution is 6.31. The van der Waals surface area contributed by atoms with E-state index in [0.29, 0.717) is 17.0 Å². The van der Waals surface area contributed by atoms with E-state index in [9.17, 15) is 14.3 Å². The molecule has 2 aliphatic rings. The number of rotatable bonds is 4. The highest BCUT2D eigenvalue weighted by Crippen LogP contribution is 2.40. The number of H-pyrrole nitrogens is 1. The fourth-order valence-electron chi connectivity index (χ4n) is 5.29. The Morgan fingerprint density at radius 3 is 2.83 bits per heavy atom. The molecular formula is C26H23ClFN5O2. The number of amides is 1. The molecule has 1 fully saturated rings. The van der Waals surface area contributed by atoms with Crippen molar-refractivity contribution in [3.8, 4) is 11.3 Å². The van der Waals surface area contributed by atoms with E-state index in [1.165, 1.54) is 0 Å². The molecule has 0 spiro atoms. The predicted molar refractivity (Wildman–Crippen MR) is 131 cm³/mol. The van der Waals surface area contributed by atoms with Gasteiger partial charge in [0, 0.05) is 53.7 Å². The molecule has 0 radical (unpaired) electrons. The normalized spacial score (nSPS) is 24.1. The van der Waals surface area contributed by atoms with Crippen LogP contribution in [0.4, 0.5) is 4.39 Å². The monoisotopic (exact) mass is 491 g/mol. The zero-order valence-corrected chi connectivity index (χ0v) is 19.4. The van der Waals surface area contributed by atoms with Crippen molar-refractivity contribution in [2.75, 3.05) is 13.1 Å². The fraction of sp³-hybridized carbons (Fsp3) is 0.269. The molecule has 0 saturated carbocycles. The summed E-state index contributed by atoms with van der Waals surface area (Å²) in [7, 11) is 0. The summed E-state index contributed by atoms with van der Waals surface area (Å²) in [5.41, 5.74) is 4.72. The van der Waals surface area contributed by atoms with Crippen molar-refractivity contribution in [2.45, 2.75) is 30.8 Å². The van der Waals surface area contributed by atoms with Crippen LogP contribution in [0.2, 0.25) is 5.02 Å². The third-order valence-electron chi connectivity index (χ3n) is 7.03. The van der Waals surface area contributed by atoms with E-state index in [4.69, 9.17) is 11.6 Å². The minimum atomic E-state index is -1.30. The summed E-state index contributed by atoms with van der Waals surface area (Å²) in [5, 5.41) is 14.6. The van der Waals surface area contributed by atoms with Gasteiger partial charge in [0.25, 0.3) is 5.91 Å². The largest absolute Gasteiger partial charge is 0.389 e. The van der Waals surface area contributed by atoms with Gasteiger partial charge in [0.2, 0.25) is 0 Å². The Labute approximate surface area is 206 Å². The first-order chi connectivity index (χ1) is 17.0. The number of benzene rings is 1. The summed E-state index contributed by atoms with van der Waals surface area (Å²) in [6.45, 7) is 0.346. The molecule has 1 amide bonds. The van der Waals surface area contributed by atoms with E-state index >= 15 is 0 Å². The number of alkyl halides is 1. The molecule has 1 aliphatic heterocycles. The average molecular weight is 492 g/mol. The number of nitrogens with zero attached hydrogens (tertiary/aromatic N) is 3. The molecule has 1 saturated heterocycles. The topological polar surface area (TPSA) is 94.1 Å². The third-order valence-corrected chi connectivity index (χ3v) is 7.36. The number of hydrogen-bond donors (Lipinski definition) is 3. The molecule has 3 aromatic heterocycles. The number of aromatic amines is 1. The number of likely N-dealkylation sites (tertiary alicyclic amines) is 1. The Hall–Kier alpha value is -3.33. The molecule has 6 rings (SSSR count). The van der Waals surface area contributed by atoms with Gasteiger partial charge in [-0.15, -0.1) is 0 Å². The van der Waals surface area contributed by atoms with Crippen molar-refractivity contribution < 1.29 is 14.3 Å². The van der Waals surface area contributed by atoms with Gasteiger partial charge in [0.05, 0.1) is 23.4 Å². The van der Waals surface area contributed by atoms with Gasteiger partial charge in [-0.05, 0) is 47.9 Å². The molecule has 4 aromatic rings. The molecule has 0 bridgehead atoms. The first-order valence-corrected chi connectivity index (χ1v) is 11.9. The maximum atomic E-state index is 14.1. The summed E-state index contributed by atoms with van der Waals surface area (Å²) >= 11 is 6.54. The van der Waals surface area contributed by atoms with Gasteiger partial charge in [-0.25, -0.2) is 9.37 Å². The van der Waals surface area contributed by atoms with E-state index in [2.05, 4.69) is 20.3 Å². The van der Waals surface area contributed by atoms with Crippen LogP contribution < -0.4 is 5.32 Å². The van der Waals surface area contributed by atoms with Crippen LogP contribution in [0.1, 0.15) is 27.5 Å². The average Bonchev–Trinajstić information content (AvgIpc) is 3.57. The third kappa shape index (κ3) is 3.87. The fourth-order valence-corrected chi connectivity index (χ4v) is 5.61. The Balaban J connectivity index is 1.27. The van der Waals surface area contributed by atoms with Crippen molar-refractivity contribution in [3.05, 3.63) is 82.8 Å². The SMILES string of the molecule is O=C(N[C@@H]1c2c(Cl)cccc2C[C@H]1N1C[C@@H](F)[C@@H](O)C1)c1ccc(-c2ccnc3[nH]ccc23)nc1. The molecule has 1 aliphatic carbocycles. The van der Waals surface area contributed by atoms with Crippen LogP contribution in [0.15, 0.2) is 61.1 Å². The summed E-state index contributed by atoms with van der Waals surface area (Å²) in [4.78, 5) is 27.1. The number of pyridine rings is 2. The summed E-state index contributed by atoms with van der Waals surface area (Å²) in [6, 6.07) is 12.4. The number of aliphatic hydroxyl groups excluding tert-OH is 1. The second-order valence-corrected chi connectivity index (χ2v) is 9.51. The molecule has 7 nitrogen and oxygen atoms in total. The number of aliphatic hydroxyl groups is 1. The maximum absolute atomic E-state index is 14.1. The van der Waals surface area contributed by atoms with Crippen molar-refractivity contribution in [3.63, 3.8) is 0 Å². The van der Waals surface area contributed by atoms with Crippen LogP contribution in [-0.2, 0) is 6.42 Å². The van der Waals surface area contributed by atoms with Crippen molar-refractivity contribution in [1.29, 1.82) is 0 Å². The number of fused-ring (bicyclic) bond motifs is 2. The lowest BCUT2D eigenvalue weighted by molar-refractivity contribution is 0.0897. The number of aromatic nitrogens is 3. The molecule has 9 heteroatoms. The standard InChI is InChI=1S/C26H23ClFN5O2/c27-18-3-1-2-14-10-21(33-12-19(28)22(34)13-33)24(23(14)18)32-26(35)15-4-5-20(31-11-15)16-6-8-29-25-17(16)7-9-30-25/h1-9,11,19,21-22,24,34H,10,12-13H2,(H,29,30)(H,32,35)/t19-,21-,22+,24+/m1/s1. The van der Waals surface area contributed by atoms with Gasteiger partial charge in [0.15, 0.2) is 0 Å². The Bertz CT molecular complexity index is 1400. The van der Waals surface area contributed by atoms with Gasteiger partial charge < -0.3 is 15.4 Å². The predicted octanol–water partition coefficient (Wildman–Crippen LogP) is 3.69. The second-order valence-electron chi connectivity index (χ2n) is 9.10. The first kappa shape index (κ1) is 22.2. The van der Waals surface area contributed by atoms with Gasteiger partial charge in [0.1, 0.15) is 11.8 Å². The lowest BCUT2D eigenvalue weighted by Crippen LogP contribution is -2.44. The van der Waals surface area contributed by atoms with E-state index in [0.717, 1.165) is 33.4 Å². The molecule has 35 heavy (non-hydrogen) atoms. The van der Waals surface area contributed by atoms with Crippen molar-refractivity contribution in [2.24, 2.45) is 0 Å². The van der Waals surface area contributed by atoms with E-state index < -0.39 is 18.3 Å². The van der Waals surface area contributed by atoms with E-state index in [-0.39, 0.29) is 25.0 Å². The van der Waals surface area contributed by atoms with Crippen molar-refractivity contribution >= 4 is 28.5 Å². The summed E-state index contributed by atoms with van der Waals surface area (Å²) < 4.78 is 14.1. The van der Waals surface area contributed by atoms with Crippen LogP contribution in [0, 0.1) is 0 Å². The molecule has 0 unspecified atom stereocenters. The lowest BCUT2D eigenvalue weighted by atomic mass is 10.0. The molecule has 3 N–H and O–H groups in total. The highest BCUT2D eigenvalue weighted by Gasteiger charge is 2.43. The number of β-amino-alcohol motifs (C(OH)–C–C–N with tert-alkyl or cyclic N) is 1. The van der Waals surface area contributed by atoms with Crippen LogP contribution in [0.3, 0.4) is 0 Å². The zero-order valence-electron chi connectivity index (χ0n) is 18.7. The quantitative estimate of drug-likeness (QED) is 0.405. The van der Waals surface area contributed by atoms with E-state index in [1.807, 2.05) is 41.4 Å². The van der Waals surface area contributed by atoms with Crippen LogP contribution >= 0.6 is 11.6 Å². The lowest BCUT2D eigenvalue weighted by Gasteiger charge is -2.30. The summed E-state index contributed by atoms with van der Waals surface area (Å²) in [5.74, 6) is -0.287. The minimum absolute atomic E-state index is 0.125. The van der Waals surface area contributed by atoms with Gasteiger partial charge in [-0.1, -0.05) is 23.7 Å². The number of halogens is 2. The minimum Gasteiger partial charge on any atom is -0.389 e. The molecular weight excluding hydrogens is 469 g/mol. The number of nitrogens with one attached hydrogen (secondary N) is 2. The van der Waals surface area contributed by atoms with Gasteiger partial charge >= 0.3 is 0 Å². The molecule has 4 atom stereocenters. The second kappa shape index (κ2) is 8.71. The maximum Gasteiger partial charge on any atom is 0.253 e. The molecule has 4 heterocycles. The molecule has 178 valence electrons. The Morgan fingerprint density at radius 2 is 2.06 bits per heavy atom. The van der Waals surface area contributed by atoms with Crippen LogP contribution in [-0.4, -0.2) is 62.3 Å². The Kier molecular flexibility index (Phi) is 5.51. The summed E-state index contributed by atoms with van der Waals surface area (Å²) in [6.07, 6.45) is 3.39.